The van der Waals surface area contributed by atoms with Crippen molar-refractivity contribution in [2.45, 2.75) is 31.6 Å². The number of thiophene rings is 1. The third kappa shape index (κ3) is 5.04. The Hall–Kier alpha value is -3.14. The highest BCUT2D eigenvalue weighted by molar-refractivity contribution is 7.99. The molecule has 186 valence electrons. The zero-order valence-corrected chi connectivity index (χ0v) is 21.9. The summed E-state index contributed by atoms with van der Waals surface area (Å²) in [6.07, 6.45) is 0.803. The highest BCUT2D eigenvalue weighted by Gasteiger charge is 2.26. The number of ether oxygens (including phenoxy) is 2. The molecule has 0 fully saturated rings. The number of aromatic nitrogens is 2. The van der Waals surface area contributed by atoms with Gasteiger partial charge in [-0.15, -0.1) is 11.3 Å². The molecule has 4 aromatic rings. The Labute approximate surface area is 217 Å². The third-order valence-electron chi connectivity index (χ3n) is 6.13. The molecule has 0 N–H and O–H groups in total. The van der Waals surface area contributed by atoms with Crippen LogP contribution in [0.5, 0.6) is 5.75 Å². The van der Waals surface area contributed by atoms with Crippen LogP contribution in [0.1, 0.15) is 22.9 Å². The van der Waals surface area contributed by atoms with E-state index in [9.17, 15) is 9.59 Å². The van der Waals surface area contributed by atoms with Gasteiger partial charge in [-0.2, -0.15) is 0 Å². The van der Waals surface area contributed by atoms with Gasteiger partial charge in [0.2, 0.25) is 0 Å². The number of nitrogens with zero attached hydrogens (tertiary/aromatic N) is 3. The number of carbonyl (C=O) groups excluding carboxylic acids is 1. The summed E-state index contributed by atoms with van der Waals surface area (Å²) in [5.41, 5.74) is 2.95. The van der Waals surface area contributed by atoms with Crippen molar-refractivity contribution in [2.24, 2.45) is 0 Å². The van der Waals surface area contributed by atoms with Gasteiger partial charge in [-0.3, -0.25) is 19.1 Å². The molecule has 0 amide bonds. The largest absolute Gasteiger partial charge is 0.497 e. The number of fused-ring (bicyclic) bond motifs is 3. The van der Waals surface area contributed by atoms with Crippen molar-refractivity contribution in [1.29, 1.82) is 0 Å². The molecule has 2 aromatic heterocycles. The molecule has 5 rings (SSSR count). The minimum atomic E-state index is -0.333. The summed E-state index contributed by atoms with van der Waals surface area (Å²) in [7, 11) is 1.61. The molecule has 1 aliphatic heterocycles. The molecule has 2 aromatic carbocycles. The molecule has 0 aliphatic carbocycles. The Kier molecular flexibility index (Phi) is 7.41. The van der Waals surface area contributed by atoms with Gasteiger partial charge in [0.05, 0.1) is 30.5 Å². The fourth-order valence-electron chi connectivity index (χ4n) is 4.44. The molecular formula is C27H27N3O4S2. The number of rotatable bonds is 8. The lowest BCUT2D eigenvalue weighted by molar-refractivity contribution is -0.139. The molecule has 0 atom stereocenters. The summed E-state index contributed by atoms with van der Waals surface area (Å²) in [6.45, 7) is 4.64. The Morgan fingerprint density at radius 1 is 1.14 bits per heavy atom. The fourth-order valence-corrected chi connectivity index (χ4v) is 6.55. The highest BCUT2D eigenvalue weighted by atomic mass is 32.2. The number of methoxy groups -OCH3 is 1. The number of carbonyl (C=O) groups is 1. The van der Waals surface area contributed by atoms with E-state index < -0.39 is 0 Å². The first-order chi connectivity index (χ1) is 17.6. The second-order valence-corrected chi connectivity index (χ2v) is 10.5. The number of esters is 1. The first kappa shape index (κ1) is 24.5. The van der Waals surface area contributed by atoms with Gasteiger partial charge < -0.3 is 9.47 Å². The van der Waals surface area contributed by atoms with Gasteiger partial charge in [0.15, 0.2) is 5.16 Å². The molecular weight excluding hydrogens is 494 g/mol. The summed E-state index contributed by atoms with van der Waals surface area (Å²) in [4.78, 5) is 35.2. The molecule has 0 saturated heterocycles. The summed E-state index contributed by atoms with van der Waals surface area (Å²) >= 11 is 2.80. The van der Waals surface area contributed by atoms with E-state index in [1.807, 2.05) is 30.3 Å². The first-order valence-corrected chi connectivity index (χ1v) is 13.6. The van der Waals surface area contributed by atoms with Crippen LogP contribution in [0.2, 0.25) is 0 Å². The summed E-state index contributed by atoms with van der Waals surface area (Å²) in [6, 6.07) is 17.7. The highest BCUT2D eigenvalue weighted by Crippen LogP contribution is 2.35. The molecule has 1 aliphatic rings. The van der Waals surface area contributed by atoms with Crippen LogP contribution in [0, 0.1) is 0 Å². The van der Waals surface area contributed by atoms with Crippen molar-refractivity contribution in [3.05, 3.63) is 81.0 Å². The molecule has 0 saturated carbocycles. The minimum Gasteiger partial charge on any atom is -0.497 e. The van der Waals surface area contributed by atoms with Gasteiger partial charge in [-0.25, -0.2) is 4.98 Å². The Morgan fingerprint density at radius 3 is 2.64 bits per heavy atom. The van der Waals surface area contributed by atoms with Gasteiger partial charge in [0.1, 0.15) is 10.6 Å². The lowest BCUT2D eigenvalue weighted by Crippen LogP contribution is -2.30. The first-order valence-electron chi connectivity index (χ1n) is 11.8. The molecule has 9 heteroatoms. The summed E-state index contributed by atoms with van der Waals surface area (Å²) in [5, 5.41) is 1.16. The van der Waals surface area contributed by atoms with Crippen LogP contribution in [0.3, 0.4) is 0 Å². The van der Waals surface area contributed by atoms with Gasteiger partial charge in [0, 0.05) is 24.5 Å². The number of benzene rings is 2. The van der Waals surface area contributed by atoms with Gasteiger partial charge in [-0.1, -0.05) is 42.1 Å². The average Bonchev–Trinajstić information content (AvgIpc) is 3.26. The van der Waals surface area contributed by atoms with E-state index in [1.165, 1.54) is 22.2 Å². The lowest BCUT2D eigenvalue weighted by Gasteiger charge is -2.26. The van der Waals surface area contributed by atoms with Crippen molar-refractivity contribution in [3.8, 4) is 11.4 Å². The van der Waals surface area contributed by atoms with Gasteiger partial charge in [0.25, 0.3) is 5.56 Å². The topological polar surface area (TPSA) is 73.7 Å². The molecule has 7 nitrogen and oxygen atoms in total. The molecule has 0 spiro atoms. The summed E-state index contributed by atoms with van der Waals surface area (Å²) < 4.78 is 12.0. The van der Waals surface area contributed by atoms with E-state index in [4.69, 9.17) is 14.5 Å². The number of hydrogen-bond donors (Lipinski definition) is 0. The van der Waals surface area contributed by atoms with Gasteiger partial charge in [-0.05, 0) is 48.7 Å². The van der Waals surface area contributed by atoms with Crippen molar-refractivity contribution < 1.29 is 14.3 Å². The van der Waals surface area contributed by atoms with Crippen molar-refractivity contribution in [2.75, 3.05) is 26.0 Å². The van der Waals surface area contributed by atoms with Crippen molar-refractivity contribution in [3.63, 3.8) is 0 Å². The Bertz CT molecular complexity index is 1430. The maximum absolute atomic E-state index is 13.9. The molecule has 0 unspecified atom stereocenters. The zero-order valence-electron chi connectivity index (χ0n) is 20.2. The number of thioether (sulfide) groups is 1. The normalized spacial score (nSPS) is 13.5. The smallest absolute Gasteiger partial charge is 0.316 e. The van der Waals surface area contributed by atoms with Crippen LogP contribution in [0.4, 0.5) is 0 Å². The molecule has 0 radical (unpaired) electrons. The summed E-state index contributed by atoms with van der Waals surface area (Å²) in [5.74, 6) is 0.450. The zero-order chi connectivity index (χ0) is 25.1. The van der Waals surface area contributed by atoms with E-state index >= 15 is 0 Å². The second kappa shape index (κ2) is 10.9. The van der Waals surface area contributed by atoms with E-state index in [2.05, 4.69) is 29.2 Å². The molecule has 36 heavy (non-hydrogen) atoms. The Morgan fingerprint density at radius 2 is 1.92 bits per heavy atom. The van der Waals surface area contributed by atoms with Crippen LogP contribution in [-0.4, -0.2) is 46.4 Å². The second-order valence-electron chi connectivity index (χ2n) is 8.46. The average molecular weight is 522 g/mol. The third-order valence-corrected chi connectivity index (χ3v) is 8.15. The van der Waals surface area contributed by atoms with Crippen LogP contribution < -0.4 is 10.3 Å². The van der Waals surface area contributed by atoms with Crippen molar-refractivity contribution in [1.82, 2.24) is 14.5 Å². The quantitative estimate of drug-likeness (QED) is 0.190. The lowest BCUT2D eigenvalue weighted by atomic mass is 10.0. The standard InChI is InChI=1S/C27H27N3O4S2/c1-3-34-23(31)17-35-27-28-25-24(26(32)30(27)19-9-11-20(33-2)12-10-19)21-13-14-29(16-22(21)36-25)15-18-7-5-4-6-8-18/h4-12H,3,13-17H2,1-2H3. The predicted octanol–water partition coefficient (Wildman–Crippen LogP) is 4.67. The Balaban J connectivity index is 1.54. The van der Waals surface area contributed by atoms with Gasteiger partial charge >= 0.3 is 5.97 Å². The maximum Gasteiger partial charge on any atom is 0.316 e. The van der Waals surface area contributed by atoms with Crippen LogP contribution in [0.25, 0.3) is 15.9 Å². The maximum atomic E-state index is 13.9. The van der Waals surface area contributed by atoms with Crippen molar-refractivity contribution >= 4 is 39.3 Å². The minimum absolute atomic E-state index is 0.0812. The monoisotopic (exact) mass is 521 g/mol. The molecule has 3 heterocycles. The van der Waals surface area contributed by atoms with Crippen LogP contribution in [0.15, 0.2) is 64.5 Å². The van der Waals surface area contributed by atoms with E-state index in [-0.39, 0.29) is 17.3 Å². The van der Waals surface area contributed by atoms with E-state index in [1.54, 1.807) is 29.9 Å². The van der Waals surface area contributed by atoms with Crippen LogP contribution >= 0.6 is 23.1 Å². The SMILES string of the molecule is CCOC(=O)CSc1nc2sc3c(c2c(=O)n1-c1ccc(OC)cc1)CCN(Cc1ccccc1)C3. The van der Waals surface area contributed by atoms with Crippen LogP contribution in [-0.2, 0) is 29.0 Å². The fraction of sp³-hybridized carbons (Fsp3) is 0.296. The van der Waals surface area contributed by atoms with E-state index in [0.717, 1.165) is 36.4 Å². The predicted molar refractivity (Wildman–Crippen MR) is 143 cm³/mol. The molecule has 0 bridgehead atoms. The number of hydrogen-bond acceptors (Lipinski definition) is 8. The van der Waals surface area contributed by atoms with E-state index in [0.29, 0.717) is 28.6 Å².